The van der Waals surface area contributed by atoms with Gasteiger partial charge >= 0.3 is 0 Å². The summed E-state index contributed by atoms with van der Waals surface area (Å²) in [4.78, 5) is 0. The summed E-state index contributed by atoms with van der Waals surface area (Å²) in [6.07, 6.45) is 1.81. The average Bonchev–Trinajstić information content (AvgIpc) is 2.30. The minimum Gasteiger partial charge on any atom is -0.381 e. The van der Waals surface area contributed by atoms with Crippen LogP contribution in [0.5, 0.6) is 0 Å². The summed E-state index contributed by atoms with van der Waals surface area (Å²) >= 11 is 0. The molecule has 1 rings (SSSR count). The maximum atomic E-state index is 12.0. The lowest BCUT2D eigenvalue weighted by Gasteiger charge is -2.31. The first-order chi connectivity index (χ1) is 8.10. The van der Waals surface area contributed by atoms with Crippen LogP contribution in [0, 0.1) is 0 Å². The number of nitrogens with one attached hydrogen (secondary N) is 1. The topological polar surface area (TPSA) is 58.6 Å². The van der Waals surface area contributed by atoms with E-state index >= 15 is 0 Å². The summed E-state index contributed by atoms with van der Waals surface area (Å²) < 4.78 is 30.6. The van der Waals surface area contributed by atoms with Crippen LogP contribution in [0.1, 0.15) is 26.7 Å². The first-order valence-corrected chi connectivity index (χ1v) is 8.00. The summed E-state index contributed by atoms with van der Waals surface area (Å²) in [5.41, 5.74) is 0. The van der Waals surface area contributed by atoms with Gasteiger partial charge in [-0.1, -0.05) is 6.92 Å². The van der Waals surface area contributed by atoms with Gasteiger partial charge in [-0.3, -0.25) is 0 Å². The molecular formula is C11H24N2O3S. The van der Waals surface area contributed by atoms with Gasteiger partial charge in [0.05, 0.1) is 12.4 Å². The van der Waals surface area contributed by atoms with Gasteiger partial charge < -0.3 is 10.1 Å². The molecule has 0 aliphatic carbocycles. The fourth-order valence-electron chi connectivity index (χ4n) is 2.06. The van der Waals surface area contributed by atoms with Gasteiger partial charge in [-0.15, -0.1) is 0 Å². The quantitative estimate of drug-likeness (QED) is 0.677. The molecule has 0 spiro atoms. The SMILES string of the molecule is CCNC1CCN(S(=O)(=O)CCOCC)CC1. The second-order valence-electron chi connectivity index (χ2n) is 4.24. The maximum absolute atomic E-state index is 12.0. The summed E-state index contributed by atoms with van der Waals surface area (Å²) in [5.74, 6) is 0.104. The number of nitrogens with zero attached hydrogens (tertiary/aromatic N) is 1. The van der Waals surface area contributed by atoms with Crippen LogP contribution in [0.25, 0.3) is 0 Å². The second kappa shape index (κ2) is 7.31. The number of hydrogen-bond donors (Lipinski definition) is 1. The maximum Gasteiger partial charge on any atom is 0.216 e. The molecule has 0 unspecified atom stereocenters. The summed E-state index contributed by atoms with van der Waals surface area (Å²) in [7, 11) is -3.11. The average molecular weight is 264 g/mol. The molecule has 1 N–H and O–H groups in total. The standard InChI is InChI=1S/C11H24N2O3S/c1-3-12-11-5-7-13(8-6-11)17(14,15)10-9-16-4-2/h11-12H,3-10H2,1-2H3. The molecule has 0 saturated carbocycles. The van der Waals surface area contributed by atoms with Crippen molar-refractivity contribution < 1.29 is 13.2 Å². The molecule has 0 amide bonds. The molecule has 0 atom stereocenters. The minimum atomic E-state index is -3.11. The van der Waals surface area contributed by atoms with Crippen molar-refractivity contribution in [3.8, 4) is 0 Å². The van der Waals surface area contributed by atoms with Crippen LogP contribution in [0.15, 0.2) is 0 Å². The van der Waals surface area contributed by atoms with Crippen molar-refractivity contribution >= 4 is 10.0 Å². The van der Waals surface area contributed by atoms with Gasteiger partial charge in [0.2, 0.25) is 10.0 Å². The van der Waals surface area contributed by atoms with E-state index in [0.29, 0.717) is 32.3 Å². The summed E-state index contributed by atoms with van der Waals surface area (Å²) in [6, 6.07) is 0.471. The highest BCUT2D eigenvalue weighted by atomic mass is 32.2. The monoisotopic (exact) mass is 264 g/mol. The lowest BCUT2D eigenvalue weighted by molar-refractivity contribution is 0.162. The number of rotatable bonds is 7. The Morgan fingerprint density at radius 3 is 2.47 bits per heavy atom. The Morgan fingerprint density at radius 2 is 1.94 bits per heavy atom. The van der Waals surface area contributed by atoms with Crippen molar-refractivity contribution in [2.75, 3.05) is 38.6 Å². The number of sulfonamides is 1. The van der Waals surface area contributed by atoms with Crippen molar-refractivity contribution in [2.24, 2.45) is 0 Å². The van der Waals surface area contributed by atoms with Crippen LogP contribution >= 0.6 is 0 Å². The molecule has 1 aliphatic rings. The third kappa shape index (κ3) is 4.91. The Kier molecular flexibility index (Phi) is 6.40. The van der Waals surface area contributed by atoms with Crippen LogP contribution in [0.4, 0.5) is 0 Å². The molecule has 5 nitrogen and oxygen atoms in total. The normalized spacial score (nSPS) is 19.6. The largest absolute Gasteiger partial charge is 0.381 e. The predicted octanol–water partition coefficient (Wildman–Crippen LogP) is 0.427. The highest BCUT2D eigenvalue weighted by Crippen LogP contribution is 2.14. The summed E-state index contributed by atoms with van der Waals surface area (Å²) in [5, 5.41) is 3.36. The van der Waals surface area contributed by atoms with Gasteiger partial charge in [0.1, 0.15) is 0 Å². The highest BCUT2D eigenvalue weighted by Gasteiger charge is 2.27. The van der Waals surface area contributed by atoms with Crippen LogP contribution < -0.4 is 5.32 Å². The Bertz CT molecular complexity index is 298. The van der Waals surface area contributed by atoms with Gasteiger partial charge in [0.25, 0.3) is 0 Å². The van der Waals surface area contributed by atoms with Crippen LogP contribution in [0.3, 0.4) is 0 Å². The number of ether oxygens (including phenoxy) is 1. The van der Waals surface area contributed by atoms with E-state index in [2.05, 4.69) is 12.2 Å². The second-order valence-corrected chi connectivity index (χ2v) is 6.33. The molecule has 0 aromatic rings. The molecule has 0 radical (unpaired) electrons. The van der Waals surface area contributed by atoms with Crippen LogP contribution in [-0.4, -0.2) is 57.4 Å². The van der Waals surface area contributed by atoms with E-state index in [4.69, 9.17) is 4.74 Å². The number of hydrogen-bond acceptors (Lipinski definition) is 4. The molecule has 1 heterocycles. The molecule has 1 saturated heterocycles. The van der Waals surface area contributed by atoms with E-state index in [9.17, 15) is 8.42 Å². The molecule has 0 aromatic carbocycles. The van der Waals surface area contributed by atoms with E-state index in [0.717, 1.165) is 19.4 Å². The van der Waals surface area contributed by atoms with E-state index in [1.54, 1.807) is 4.31 Å². The molecule has 1 aliphatic heterocycles. The van der Waals surface area contributed by atoms with E-state index in [-0.39, 0.29) is 5.75 Å². The molecule has 0 bridgehead atoms. The van der Waals surface area contributed by atoms with Gasteiger partial charge in [-0.25, -0.2) is 12.7 Å². The minimum absolute atomic E-state index is 0.104. The smallest absolute Gasteiger partial charge is 0.216 e. The van der Waals surface area contributed by atoms with Gasteiger partial charge in [-0.05, 0) is 26.3 Å². The van der Waals surface area contributed by atoms with Crippen molar-refractivity contribution in [1.82, 2.24) is 9.62 Å². The number of piperidine rings is 1. The molecule has 17 heavy (non-hydrogen) atoms. The van der Waals surface area contributed by atoms with Gasteiger partial charge in [-0.2, -0.15) is 0 Å². The zero-order valence-electron chi connectivity index (χ0n) is 10.8. The zero-order valence-corrected chi connectivity index (χ0v) is 11.6. The van der Waals surface area contributed by atoms with E-state index < -0.39 is 10.0 Å². The third-order valence-corrected chi connectivity index (χ3v) is 4.86. The molecule has 6 heteroatoms. The Hall–Kier alpha value is -0.170. The fourth-order valence-corrected chi connectivity index (χ4v) is 3.42. The Labute approximate surface area is 105 Å². The first kappa shape index (κ1) is 14.9. The third-order valence-electron chi connectivity index (χ3n) is 3.03. The van der Waals surface area contributed by atoms with Crippen molar-refractivity contribution in [1.29, 1.82) is 0 Å². The fraction of sp³-hybridized carbons (Fsp3) is 1.00. The lowest BCUT2D eigenvalue weighted by Crippen LogP contribution is -2.45. The van der Waals surface area contributed by atoms with E-state index in [1.165, 1.54) is 0 Å². The zero-order chi connectivity index (χ0) is 12.7. The van der Waals surface area contributed by atoms with Crippen LogP contribution in [-0.2, 0) is 14.8 Å². The van der Waals surface area contributed by atoms with Crippen LogP contribution in [0.2, 0.25) is 0 Å². The van der Waals surface area contributed by atoms with Crippen molar-refractivity contribution in [3.05, 3.63) is 0 Å². The molecule has 0 aromatic heterocycles. The lowest BCUT2D eigenvalue weighted by atomic mass is 10.1. The molecule has 1 fully saturated rings. The molecule has 102 valence electrons. The van der Waals surface area contributed by atoms with Crippen molar-refractivity contribution in [2.45, 2.75) is 32.7 Å². The van der Waals surface area contributed by atoms with Crippen molar-refractivity contribution in [3.63, 3.8) is 0 Å². The highest BCUT2D eigenvalue weighted by molar-refractivity contribution is 7.89. The predicted molar refractivity (Wildman–Crippen MR) is 68.6 cm³/mol. The molecular weight excluding hydrogens is 240 g/mol. The van der Waals surface area contributed by atoms with Gasteiger partial charge in [0.15, 0.2) is 0 Å². The summed E-state index contributed by atoms with van der Waals surface area (Å²) in [6.45, 7) is 7.02. The van der Waals surface area contributed by atoms with E-state index in [1.807, 2.05) is 6.92 Å². The first-order valence-electron chi connectivity index (χ1n) is 6.39. The Balaban J connectivity index is 2.36. The van der Waals surface area contributed by atoms with Gasteiger partial charge in [0, 0.05) is 25.7 Å². The Morgan fingerprint density at radius 1 is 1.29 bits per heavy atom.